The fraction of sp³-hybridized carbons (Fsp3) is 0.176. The van der Waals surface area contributed by atoms with E-state index in [1.807, 2.05) is 6.07 Å². The van der Waals surface area contributed by atoms with E-state index in [-0.39, 0.29) is 13.2 Å². The Morgan fingerprint density at radius 1 is 0.957 bits per heavy atom. The Morgan fingerprint density at radius 2 is 1.52 bits per heavy atom. The number of hydrogen-bond donors (Lipinski definition) is 2. The summed E-state index contributed by atoms with van der Waals surface area (Å²) < 4.78 is 0. The van der Waals surface area contributed by atoms with Crippen LogP contribution in [0, 0.1) is 0 Å². The number of hydrogen-bond acceptors (Lipinski definition) is 4. The summed E-state index contributed by atoms with van der Waals surface area (Å²) in [5.74, 6) is -1.39. The molecule has 2 aromatic carbocycles. The molecule has 0 bridgehead atoms. The maximum Gasteiger partial charge on any atom is 0.321 e. The summed E-state index contributed by atoms with van der Waals surface area (Å²) in [5, 5.41) is 8.94. The molecule has 0 aliphatic rings. The summed E-state index contributed by atoms with van der Waals surface area (Å²) in [5.41, 5.74) is 7.37. The van der Waals surface area contributed by atoms with Crippen molar-refractivity contribution in [2.75, 3.05) is 30.8 Å². The Balaban J connectivity index is 2.40. The quantitative estimate of drug-likeness (QED) is 0.659. The molecule has 0 aliphatic heterocycles. The van der Waals surface area contributed by atoms with E-state index < -0.39 is 11.8 Å². The second-order valence-corrected chi connectivity index (χ2v) is 5.02. The van der Waals surface area contributed by atoms with Crippen LogP contribution in [0.1, 0.15) is 0 Å². The van der Waals surface area contributed by atoms with Crippen LogP contribution in [0.3, 0.4) is 0 Å². The van der Waals surface area contributed by atoms with Gasteiger partial charge in [0, 0.05) is 30.7 Å². The smallest absolute Gasteiger partial charge is 0.321 e. The van der Waals surface area contributed by atoms with Crippen molar-refractivity contribution in [2.24, 2.45) is 0 Å². The fourth-order valence-electron chi connectivity index (χ4n) is 2.09. The Labute approximate surface area is 134 Å². The molecule has 2 rings (SSSR count). The van der Waals surface area contributed by atoms with Gasteiger partial charge in [0.25, 0.3) is 0 Å². The van der Waals surface area contributed by atoms with Gasteiger partial charge in [0.1, 0.15) is 0 Å². The summed E-state index contributed by atoms with van der Waals surface area (Å²) in [6.07, 6.45) is 0. The maximum atomic E-state index is 12.7. The average Bonchev–Trinajstić information content (AvgIpc) is 2.57. The largest absolute Gasteiger partial charge is 0.399 e. The normalized spacial score (nSPS) is 10.2. The lowest BCUT2D eigenvalue weighted by Crippen LogP contribution is -2.42. The van der Waals surface area contributed by atoms with Crippen LogP contribution in [0.25, 0.3) is 0 Å². The SMILES string of the molecule is CN(CCO)C(=O)C(=O)N(c1ccccc1)c1ccc(N)cc1. The highest BCUT2D eigenvalue weighted by atomic mass is 16.3. The van der Waals surface area contributed by atoms with E-state index in [0.717, 1.165) is 0 Å². The minimum atomic E-state index is -0.697. The van der Waals surface area contributed by atoms with E-state index in [2.05, 4.69) is 0 Å². The molecule has 23 heavy (non-hydrogen) atoms. The molecule has 3 N–H and O–H groups in total. The molecule has 6 nitrogen and oxygen atoms in total. The number of likely N-dealkylation sites (N-methyl/N-ethyl adjacent to an activating group) is 1. The molecule has 0 unspecified atom stereocenters. The van der Waals surface area contributed by atoms with Crippen LogP contribution in [0.4, 0.5) is 17.1 Å². The molecule has 0 heterocycles. The van der Waals surface area contributed by atoms with Crippen LogP contribution >= 0.6 is 0 Å². The third-order valence-corrected chi connectivity index (χ3v) is 3.33. The van der Waals surface area contributed by atoms with Gasteiger partial charge in [-0.2, -0.15) is 0 Å². The summed E-state index contributed by atoms with van der Waals surface area (Å²) in [7, 11) is 1.47. The zero-order chi connectivity index (χ0) is 16.8. The van der Waals surface area contributed by atoms with Crippen LogP contribution in [0.5, 0.6) is 0 Å². The monoisotopic (exact) mass is 313 g/mol. The Hall–Kier alpha value is -2.86. The first-order valence-electron chi connectivity index (χ1n) is 7.15. The summed E-state index contributed by atoms with van der Waals surface area (Å²) in [4.78, 5) is 27.5. The number of anilines is 3. The van der Waals surface area contributed by atoms with E-state index in [9.17, 15) is 9.59 Å². The molecule has 0 radical (unpaired) electrons. The second kappa shape index (κ2) is 7.42. The number of nitrogens with two attached hydrogens (primary N) is 1. The van der Waals surface area contributed by atoms with Gasteiger partial charge in [0.15, 0.2) is 0 Å². The van der Waals surface area contributed by atoms with Gasteiger partial charge in [0.2, 0.25) is 0 Å². The number of aliphatic hydroxyl groups is 1. The number of aliphatic hydroxyl groups excluding tert-OH is 1. The highest BCUT2D eigenvalue weighted by molar-refractivity contribution is 6.41. The lowest BCUT2D eigenvalue weighted by molar-refractivity contribution is -0.143. The first-order chi connectivity index (χ1) is 11.0. The minimum Gasteiger partial charge on any atom is -0.399 e. The molecule has 6 heteroatoms. The van der Waals surface area contributed by atoms with Crippen molar-refractivity contribution in [2.45, 2.75) is 0 Å². The van der Waals surface area contributed by atoms with Gasteiger partial charge >= 0.3 is 11.8 Å². The highest BCUT2D eigenvalue weighted by Gasteiger charge is 2.27. The molecule has 0 atom stereocenters. The van der Waals surface area contributed by atoms with Crippen LogP contribution in [-0.4, -0.2) is 42.0 Å². The van der Waals surface area contributed by atoms with Crippen LogP contribution in [0.15, 0.2) is 54.6 Å². The van der Waals surface area contributed by atoms with E-state index in [4.69, 9.17) is 10.8 Å². The number of benzene rings is 2. The van der Waals surface area contributed by atoms with Crippen molar-refractivity contribution < 1.29 is 14.7 Å². The van der Waals surface area contributed by atoms with Gasteiger partial charge in [-0.1, -0.05) is 18.2 Å². The summed E-state index contributed by atoms with van der Waals surface area (Å²) >= 11 is 0. The van der Waals surface area contributed by atoms with Crippen molar-refractivity contribution in [3.05, 3.63) is 54.6 Å². The van der Waals surface area contributed by atoms with Crippen LogP contribution < -0.4 is 10.6 Å². The van der Waals surface area contributed by atoms with Gasteiger partial charge in [-0.15, -0.1) is 0 Å². The van der Waals surface area contributed by atoms with Gasteiger partial charge in [-0.25, -0.2) is 0 Å². The van der Waals surface area contributed by atoms with Crippen molar-refractivity contribution in [3.63, 3.8) is 0 Å². The highest BCUT2D eigenvalue weighted by Crippen LogP contribution is 2.26. The molecule has 0 saturated heterocycles. The third-order valence-electron chi connectivity index (χ3n) is 3.33. The van der Waals surface area contributed by atoms with Gasteiger partial charge in [0.05, 0.1) is 6.61 Å². The van der Waals surface area contributed by atoms with Crippen molar-refractivity contribution >= 4 is 28.9 Å². The molecule has 120 valence electrons. The zero-order valence-corrected chi connectivity index (χ0v) is 12.8. The number of carbonyl (C=O) groups excluding carboxylic acids is 2. The number of amides is 2. The molecule has 0 aliphatic carbocycles. The predicted octanol–water partition coefficient (Wildman–Crippen LogP) is 1.38. The molecule has 0 saturated carbocycles. The Kier molecular flexibility index (Phi) is 5.32. The van der Waals surface area contributed by atoms with Crippen molar-refractivity contribution in [1.29, 1.82) is 0 Å². The summed E-state index contributed by atoms with van der Waals surface area (Å²) in [6.45, 7) is -0.113. The standard InChI is InChI=1S/C17H19N3O3/c1-19(11-12-21)16(22)17(23)20(14-5-3-2-4-6-14)15-9-7-13(18)8-10-15/h2-10,21H,11-12,18H2,1H3. The molecule has 0 spiro atoms. The van der Waals surface area contributed by atoms with E-state index >= 15 is 0 Å². The Morgan fingerprint density at radius 3 is 2.09 bits per heavy atom. The minimum absolute atomic E-state index is 0.0922. The number of carbonyl (C=O) groups is 2. The first-order valence-corrected chi connectivity index (χ1v) is 7.15. The van der Waals surface area contributed by atoms with Gasteiger partial charge in [-0.3, -0.25) is 14.5 Å². The zero-order valence-electron chi connectivity index (χ0n) is 12.8. The molecule has 2 amide bonds. The second-order valence-electron chi connectivity index (χ2n) is 5.02. The fourth-order valence-corrected chi connectivity index (χ4v) is 2.09. The molecule has 2 aromatic rings. The molecule has 0 fully saturated rings. The third kappa shape index (κ3) is 3.87. The first kappa shape index (κ1) is 16.5. The lowest BCUT2D eigenvalue weighted by Gasteiger charge is -2.25. The van der Waals surface area contributed by atoms with Crippen LogP contribution in [-0.2, 0) is 9.59 Å². The molecule has 0 aromatic heterocycles. The number of rotatable bonds is 4. The van der Waals surface area contributed by atoms with E-state index in [0.29, 0.717) is 17.1 Å². The van der Waals surface area contributed by atoms with Crippen molar-refractivity contribution in [3.8, 4) is 0 Å². The number of nitrogen functional groups attached to an aromatic ring is 1. The van der Waals surface area contributed by atoms with Crippen LogP contribution in [0.2, 0.25) is 0 Å². The number of para-hydroxylation sites is 1. The van der Waals surface area contributed by atoms with Gasteiger partial charge < -0.3 is 15.7 Å². The van der Waals surface area contributed by atoms with E-state index in [1.165, 1.54) is 16.8 Å². The maximum absolute atomic E-state index is 12.7. The molecular weight excluding hydrogens is 294 g/mol. The predicted molar refractivity (Wildman–Crippen MR) is 89.2 cm³/mol. The van der Waals surface area contributed by atoms with E-state index in [1.54, 1.807) is 48.5 Å². The van der Waals surface area contributed by atoms with Crippen molar-refractivity contribution in [1.82, 2.24) is 4.90 Å². The number of nitrogens with zero attached hydrogens (tertiary/aromatic N) is 2. The van der Waals surface area contributed by atoms with Gasteiger partial charge in [-0.05, 0) is 36.4 Å². The Bertz CT molecular complexity index is 671. The molecular formula is C17H19N3O3. The summed E-state index contributed by atoms with van der Waals surface area (Å²) in [6, 6.07) is 15.6. The topological polar surface area (TPSA) is 86.9 Å². The lowest BCUT2D eigenvalue weighted by atomic mass is 10.2. The average molecular weight is 313 g/mol.